The molecule has 0 aromatic carbocycles. The first kappa shape index (κ1) is 7.55. The van der Waals surface area contributed by atoms with Crippen molar-refractivity contribution in [3.63, 3.8) is 0 Å². The minimum absolute atomic E-state index is 0.511. The lowest BCUT2D eigenvalue weighted by Gasteiger charge is -2.13. The van der Waals surface area contributed by atoms with Crippen molar-refractivity contribution < 1.29 is 0 Å². The molecule has 0 saturated carbocycles. The molecule has 0 fully saturated rings. The molecule has 0 heterocycles. The molecule has 0 amide bonds. The first-order valence-electron chi connectivity index (χ1n) is 3.88. The molecule has 1 atom stereocenters. The molecule has 1 nitrogen and oxygen atoms in total. The number of allylic oxidation sites excluding steroid dienone is 2. The van der Waals surface area contributed by atoms with Crippen LogP contribution in [0, 0.1) is 0 Å². The van der Waals surface area contributed by atoms with Crippen molar-refractivity contribution in [3.8, 4) is 0 Å². The van der Waals surface area contributed by atoms with Crippen molar-refractivity contribution in [1.82, 2.24) is 5.32 Å². The molecule has 0 saturated heterocycles. The Morgan fingerprint density at radius 3 is 2.80 bits per heavy atom. The van der Waals surface area contributed by atoms with Gasteiger partial charge in [0, 0.05) is 6.04 Å². The Kier molecular flexibility index (Phi) is 2.69. The van der Waals surface area contributed by atoms with E-state index in [1.807, 2.05) is 7.05 Å². The highest BCUT2D eigenvalue weighted by Crippen LogP contribution is 2.12. The van der Waals surface area contributed by atoms with Gasteiger partial charge in [0.1, 0.15) is 0 Å². The number of hydrogen-bond donors (Lipinski definition) is 1. The fourth-order valence-electron chi connectivity index (χ4n) is 1.12. The van der Waals surface area contributed by atoms with Gasteiger partial charge in [-0.05, 0) is 32.4 Å². The fraction of sp³-hybridized carbons (Fsp3) is 0.556. The van der Waals surface area contributed by atoms with Crippen LogP contribution in [0.3, 0.4) is 0 Å². The maximum atomic E-state index is 3.22. The minimum Gasteiger partial charge on any atom is -0.313 e. The van der Waals surface area contributed by atoms with Crippen LogP contribution < -0.4 is 5.32 Å². The Bertz CT molecular complexity index is 156. The van der Waals surface area contributed by atoms with Gasteiger partial charge in [-0.3, -0.25) is 0 Å². The van der Waals surface area contributed by atoms with E-state index >= 15 is 0 Å². The average Bonchev–Trinajstić information content (AvgIpc) is 2.05. The van der Waals surface area contributed by atoms with Crippen LogP contribution in [0.4, 0.5) is 0 Å². The lowest BCUT2D eigenvalue weighted by molar-refractivity contribution is 0.697. The normalized spacial score (nSPS) is 20.4. The maximum Gasteiger partial charge on any atom is 0.0285 e. The van der Waals surface area contributed by atoms with Gasteiger partial charge in [0.2, 0.25) is 0 Å². The summed E-state index contributed by atoms with van der Waals surface area (Å²) >= 11 is 0. The summed E-state index contributed by atoms with van der Waals surface area (Å²) in [5.74, 6) is 0. The molecule has 0 radical (unpaired) electrons. The third kappa shape index (κ3) is 1.71. The molecule has 0 aliphatic heterocycles. The standard InChI is InChI=1S/C9H15N/c1-8(10-2)9-6-4-3-5-7-9/h4,6-8,10H,3,5H2,1-2H3/t8-/m0/s1. The van der Waals surface area contributed by atoms with Crippen LogP contribution in [0.2, 0.25) is 0 Å². The van der Waals surface area contributed by atoms with E-state index in [1.165, 1.54) is 18.4 Å². The van der Waals surface area contributed by atoms with Gasteiger partial charge >= 0.3 is 0 Å². The molecule has 56 valence electrons. The maximum absolute atomic E-state index is 3.22. The number of hydrogen-bond acceptors (Lipinski definition) is 1. The van der Waals surface area contributed by atoms with Crippen LogP contribution in [0.1, 0.15) is 19.8 Å². The Balaban J connectivity index is 2.54. The van der Waals surface area contributed by atoms with E-state index in [-0.39, 0.29) is 0 Å². The second-order valence-corrected chi connectivity index (χ2v) is 2.69. The molecular formula is C9H15N. The fourth-order valence-corrected chi connectivity index (χ4v) is 1.12. The summed E-state index contributed by atoms with van der Waals surface area (Å²) in [6.45, 7) is 2.18. The Morgan fingerprint density at radius 1 is 1.50 bits per heavy atom. The lowest BCUT2D eigenvalue weighted by Crippen LogP contribution is -2.23. The second-order valence-electron chi connectivity index (χ2n) is 2.69. The van der Waals surface area contributed by atoms with E-state index in [2.05, 4.69) is 30.5 Å². The van der Waals surface area contributed by atoms with Gasteiger partial charge in [0.05, 0.1) is 0 Å². The first-order valence-corrected chi connectivity index (χ1v) is 3.88. The Labute approximate surface area is 62.8 Å². The molecule has 0 aromatic rings. The molecule has 0 spiro atoms. The number of likely N-dealkylation sites (N-methyl/N-ethyl adjacent to an activating group) is 1. The summed E-state index contributed by atoms with van der Waals surface area (Å²) in [5, 5.41) is 3.22. The largest absolute Gasteiger partial charge is 0.313 e. The minimum atomic E-state index is 0.511. The molecule has 0 bridgehead atoms. The van der Waals surface area contributed by atoms with Crippen LogP contribution in [0.25, 0.3) is 0 Å². The van der Waals surface area contributed by atoms with Crippen LogP contribution in [0.5, 0.6) is 0 Å². The summed E-state index contributed by atoms with van der Waals surface area (Å²) in [6, 6.07) is 0.511. The smallest absolute Gasteiger partial charge is 0.0285 e. The first-order chi connectivity index (χ1) is 4.84. The topological polar surface area (TPSA) is 12.0 Å². The van der Waals surface area contributed by atoms with Gasteiger partial charge in [0.25, 0.3) is 0 Å². The van der Waals surface area contributed by atoms with Gasteiger partial charge in [0.15, 0.2) is 0 Å². The van der Waals surface area contributed by atoms with Gasteiger partial charge in [-0.25, -0.2) is 0 Å². The highest BCUT2D eigenvalue weighted by molar-refractivity contribution is 5.26. The zero-order valence-electron chi connectivity index (χ0n) is 6.72. The second kappa shape index (κ2) is 3.57. The predicted octanol–water partition coefficient (Wildman–Crippen LogP) is 1.87. The van der Waals surface area contributed by atoms with Crippen molar-refractivity contribution >= 4 is 0 Å². The van der Waals surface area contributed by atoms with E-state index in [0.29, 0.717) is 6.04 Å². The molecular weight excluding hydrogens is 122 g/mol. The van der Waals surface area contributed by atoms with Crippen LogP contribution in [-0.2, 0) is 0 Å². The molecule has 0 unspecified atom stereocenters. The average molecular weight is 137 g/mol. The van der Waals surface area contributed by atoms with E-state index in [4.69, 9.17) is 0 Å². The Hall–Kier alpha value is -0.560. The third-order valence-electron chi connectivity index (χ3n) is 1.96. The number of nitrogens with one attached hydrogen (secondary N) is 1. The quantitative estimate of drug-likeness (QED) is 0.612. The zero-order valence-corrected chi connectivity index (χ0v) is 6.72. The van der Waals surface area contributed by atoms with Gasteiger partial charge in [-0.15, -0.1) is 0 Å². The van der Waals surface area contributed by atoms with E-state index in [1.54, 1.807) is 0 Å². The summed E-state index contributed by atoms with van der Waals surface area (Å²) < 4.78 is 0. The lowest BCUT2D eigenvalue weighted by atomic mass is 10.0. The molecule has 1 heteroatoms. The molecule has 1 N–H and O–H groups in total. The predicted molar refractivity (Wildman–Crippen MR) is 45.0 cm³/mol. The van der Waals surface area contributed by atoms with Crippen LogP contribution in [0.15, 0.2) is 23.8 Å². The molecule has 1 aliphatic rings. The summed E-state index contributed by atoms with van der Waals surface area (Å²) in [5.41, 5.74) is 1.42. The molecule has 1 aliphatic carbocycles. The van der Waals surface area contributed by atoms with E-state index in [9.17, 15) is 0 Å². The Morgan fingerprint density at radius 2 is 2.30 bits per heavy atom. The monoisotopic (exact) mass is 137 g/mol. The van der Waals surface area contributed by atoms with Crippen molar-refractivity contribution in [2.45, 2.75) is 25.8 Å². The van der Waals surface area contributed by atoms with Gasteiger partial charge in [-0.2, -0.15) is 0 Å². The zero-order chi connectivity index (χ0) is 7.40. The van der Waals surface area contributed by atoms with Crippen molar-refractivity contribution in [2.75, 3.05) is 7.05 Å². The van der Waals surface area contributed by atoms with Crippen LogP contribution >= 0.6 is 0 Å². The highest BCUT2D eigenvalue weighted by atomic mass is 14.9. The summed E-state index contributed by atoms with van der Waals surface area (Å²) in [6.07, 6.45) is 9.17. The van der Waals surface area contributed by atoms with Gasteiger partial charge < -0.3 is 5.32 Å². The van der Waals surface area contributed by atoms with Crippen LogP contribution in [-0.4, -0.2) is 13.1 Å². The molecule has 0 aromatic heterocycles. The van der Waals surface area contributed by atoms with E-state index < -0.39 is 0 Å². The SMILES string of the molecule is CN[C@@H](C)C1=CCCC=C1. The molecule has 1 rings (SSSR count). The summed E-state index contributed by atoms with van der Waals surface area (Å²) in [7, 11) is 1.99. The van der Waals surface area contributed by atoms with Crippen molar-refractivity contribution in [2.24, 2.45) is 0 Å². The van der Waals surface area contributed by atoms with Crippen molar-refractivity contribution in [1.29, 1.82) is 0 Å². The molecule has 10 heavy (non-hydrogen) atoms. The highest BCUT2D eigenvalue weighted by Gasteiger charge is 2.03. The van der Waals surface area contributed by atoms with E-state index in [0.717, 1.165) is 0 Å². The van der Waals surface area contributed by atoms with Gasteiger partial charge in [-0.1, -0.05) is 18.2 Å². The number of rotatable bonds is 2. The summed E-state index contributed by atoms with van der Waals surface area (Å²) in [4.78, 5) is 0. The third-order valence-corrected chi connectivity index (χ3v) is 1.96. The van der Waals surface area contributed by atoms with Crippen molar-refractivity contribution in [3.05, 3.63) is 23.8 Å².